The van der Waals surface area contributed by atoms with Crippen LogP contribution in [0, 0.1) is 0 Å². The van der Waals surface area contributed by atoms with Gasteiger partial charge in [0.2, 0.25) is 0 Å². The minimum absolute atomic E-state index is 0.0801. The molecule has 1 amide bonds. The van der Waals surface area contributed by atoms with Crippen LogP contribution in [-0.2, 0) is 19.4 Å². The molecule has 3 aromatic rings. The van der Waals surface area contributed by atoms with Crippen LogP contribution in [0.5, 0.6) is 5.75 Å². The Balaban J connectivity index is 1.62. The third-order valence-electron chi connectivity index (χ3n) is 4.99. The number of aliphatic imine (C=N–C) groups is 1. The number of fused-ring (bicyclic) bond motifs is 1. The van der Waals surface area contributed by atoms with E-state index in [4.69, 9.17) is 14.1 Å². The average molecular weight is 423 g/mol. The van der Waals surface area contributed by atoms with Crippen LogP contribution < -0.4 is 10.1 Å². The molecule has 0 saturated carbocycles. The molecule has 1 aromatic carbocycles. The molecular formula is C24H26N2O3S. The Morgan fingerprint density at radius 3 is 2.87 bits per heavy atom. The van der Waals surface area contributed by atoms with E-state index < -0.39 is 0 Å². The first-order chi connectivity index (χ1) is 14.6. The Morgan fingerprint density at radius 2 is 2.07 bits per heavy atom. The molecule has 4 rings (SSSR count). The zero-order chi connectivity index (χ0) is 20.9. The van der Waals surface area contributed by atoms with E-state index in [9.17, 15) is 4.79 Å². The summed E-state index contributed by atoms with van der Waals surface area (Å²) < 4.78 is 11.2. The number of aryl methyl sites for hydroxylation is 1. The predicted octanol–water partition coefficient (Wildman–Crippen LogP) is 5.69. The molecule has 0 atom stereocenters. The van der Waals surface area contributed by atoms with Gasteiger partial charge in [-0.15, -0.1) is 11.3 Å². The third kappa shape index (κ3) is 4.65. The molecule has 0 aliphatic heterocycles. The fraction of sp³-hybridized carbons (Fsp3) is 0.333. The second-order valence-corrected chi connectivity index (χ2v) is 8.70. The van der Waals surface area contributed by atoms with Crippen LogP contribution >= 0.6 is 11.3 Å². The maximum absolute atomic E-state index is 13.1. The van der Waals surface area contributed by atoms with Gasteiger partial charge in [0.15, 0.2) is 0 Å². The quantitative estimate of drug-likeness (QED) is 0.498. The molecule has 0 fully saturated rings. The number of hydrogen-bond donors (Lipinski definition) is 1. The summed E-state index contributed by atoms with van der Waals surface area (Å²) in [5, 5.41) is 3.75. The molecule has 0 saturated heterocycles. The van der Waals surface area contributed by atoms with Gasteiger partial charge < -0.3 is 14.5 Å². The number of rotatable bonds is 7. The van der Waals surface area contributed by atoms with Crippen LogP contribution in [0.15, 0.2) is 52.1 Å². The number of ether oxygens (including phenoxy) is 1. The van der Waals surface area contributed by atoms with Crippen LogP contribution in [0.1, 0.15) is 58.8 Å². The molecule has 30 heavy (non-hydrogen) atoms. The molecule has 1 aliphatic rings. The van der Waals surface area contributed by atoms with Crippen molar-refractivity contribution < 1.29 is 13.9 Å². The van der Waals surface area contributed by atoms with Crippen molar-refractivity contribution in [3.63, 3.8) is 0 Å². The fourth-order valence-corrected chi connectivity index (χ4v) is 4.85. The summed E-state index contributed by atoms with van der Waals surface area (Å²) in [5.41, 5.74) is 2.77. The van der Waals surface area contributed by atoms with Gasteiger partial charge in [0.25, 0.3) is 5.91 Å². The van der Waals surface area contributed by atoms with E-state index in [2.05, 4.69) is 5.32 Å². The zero-order valence-corrected chi connectivity index (χ0v) is 18.1. The second-order valence-electron chi connectivity index (χ2n) is 7.62. The summed E-state index contributed by atoms with van der Waals surface area (Å²) in [6.07, 6.45) is 7.71. The maximum atomic E-state index is 13.1. The topological polar surface area (TPSA) is 63.8 Å². The van der Waals surface area contributed by atoms with Crippen molar-refractivity contribution in [3.8, 4) is 5.75 Å². The summed E-state index contributed by atoms with van der Waals surface area (Å²) in [4.78, 5) is 19.1. The van der Waals surface area contributed by atoms with E-state index in [-0.39, 0.29) is 12.0 Å². The first-order valence-corrected chi connectivity index (χ1v) is 11.2. The summed E-state index contributed by atoms with van der Waals surface area (Å²) in [7, 11) is 0. The van der Waals surface area contributed by atoms with Crippen molar-refractivity contribution in [2.75, 3.05) is 0 Å². The lowest BCUT2D eigenvalue weighted by molar-refractivity contribution is 0.0948. The highest BCUT2D eigenvalue weighted by Crippen LogP contribution is 2.40. The number of carbonyl (C=O) groups excluding carboxylic acids is 1. The summed E-state index contributed by atoms with van der Waals surface area (Å²) in [6.45, 7) is 4.37. The Morgan fingerprint density at radius 1 is 1.23 bits per heavy atom. The molecule has 1 aliphatic carbocycles. The molecule has 156 valence electrons. The first-order valence-electron chi connectivity index (χ1n) is 10.4. The van der Waals surface area contributed by atoms with E-state index in [0.717, 1.165) is 53.3 Å². The number of nitrogens with zero attached hydrogens (tertiary/aromatic N) is 1. The number of hydrogen-bond acceptors (Lipinski definition) is 5. The van der Waals surface area contributed by atoms with E-state index >= 15 is 0 Å². The van der Waals surface area contributed by atoms with Gasteiger partial charge in [-0.25, -0.2) is 4.99 Å². The van der Waals surface area contributed by atoms with Crippen molar-refractivity contribution in [1.82, 2.24) is 5.32 Å². The predicted molar refractivity (Wildman–Crippen MR) is 120 cm³/mol. The van der Waals surface area contributed by atoms with Crippen LogP contribution in [0.2, 0.25) is 0 Å². The molecule has 0 radical (unpaired) electrons. The average Bonchev–Trinajstić information content (AvgIpc) is 3.38. The largest absolute Gasteiger partial charge is 0.490 e. The Hall–Kier alpha value is -2.86. The second kappa shape index (κ2) is 9.30. The van der Waals surface area contributed by atoms with Gasteiger partial charge in [-0.1, -0.05) is 12.1 Å². The van der Waals surface area contributed by atoms with Gasteiger partial charge in [-0.3, -0.25) is 4.79 Å². The van der Waals surface area contributed by atoms with E-state index in [1.54, 1.807) is 23.8 Å². The highest BCUT2D eigenvalue weighted by atomic mass is 32.1. The van der Waals surface area contributed by atoms with E-state index in [0.29, 0.717) is 12.1 Å². The van der Waals surface area contributed by atoms with Crippen molar-refractivity contribution in [1.29, 1.82) is 0 Å². The van der Waals surface area contributed by atoms with Gasteiger partial charge in [0.1, 0.15) is 16.5 Å². The lowest BCUT2D eigenvalue weighted by atomic mass is 9.95. The lowest BCUT2D eigenvalue weighted by Gasteiger charge is -2.12. The molecule has 1 N–H and O–H groups in total. The number of carbonyl (C=O) groups is 1. The Labute approximate surface area is 180 Å². The van der Waals surface area contributed by atoms with Crippen molar-refractivity contribution in [2.24, 2.45) is 4.99 Å². The van der Waals surface area contributed by atoms with Gasteiger partial charge in [-0.2, -0.15) is 0 Å². The van der Waals surface area contributed by atoms with Crippen LogP contribution in [0.3, 0.4) is 0 Å². The standard InChI is InChI=1S/C24H26N2O3S/c1-16(2)29-20-11-5-3-8-17(20)14-26-24-22(19-10-4-6-12-21(19)30-24)23(27)25-15-18-9-7-13-28-18/h3,5,7-9,11,13-14,16H,4,6,10,12,15H2,1-2H3,(H,25,27). The highest BCUT2D eigenvalue weighted by molar-refractivity contribution is 7.16. The number of para-hydroxylation sites is 1. The molecule has 0 bridgehead atoms. The Bertz CT molecular complexity index is 1030. The smallest absolute Gasteiger partial charge is 0.255 e. The minimum Gasteiger partial charge on any atom is -0.490 e. The van der Waals surface area contributed by atoms with Crippen LogP contribution in [-0.4, -0.2) is 18.2 Å². The minimum atomic E-state index is -0.0929. The van der Waals surface area contributed by atoms with Gasteiger partial charge in [-0.05, 0) is 69.4 Å². The fourth-order valence-electron chi connectivity index (χ4n) is 3.62. The van der Waals surface area contributed by atoms with E-state index in [1.807, 2.05) is 50.2 Å². The van der Waals surface area contributed by atoms with Crippen molar-refractivity contribution in [2.45, 2.75) is 52.2 Å². The highest BCUT2D eigenvalue weighted by Gasteiger charge is 2.25. The third-order valence-corrected chi connectivity index (χ3v) is 6.19. The molecule has 0 unspecified atom stereocenters. The van der Waals surface area contributed by atoms with Crippen LogP contribution in [0.25, 0.3) is 0 Å². The number of nitrogens with one attached hydrogen (secondary N) is 1. The number of furan rings is 1. The summed E-state index contributed by atoms with van der Waals surface area (Å²) in [6, 6.07) is 11.5. The maximum Gasteiger partial charge on any atom is 0.255 e. The molecule has 5 nitrogen and oxygen atoms in total. The molecule has 2 heterocycles. The monoisotopic (exact) mass is 422 g/mol. The number of amides is 1. The number of thiophene rings is 1. The summed E-state index contributed by atoms with van der Waals surface area (Å²) in [5.74, 6) is 1.43. The van der Waals surface area contributed by atoms with Crippen molar-refractivity contribution in [3.05, 3.63) is 70.0 Å². The SMILES string of the molecule is CC(C)Oc1ccccc1C=Nc1sc2c(c1C(=O)NCc1ccco1)CCCC2. The zero-order valence-electron chi connectivity index (χ0n) is 17.3. The van der Waals surface area contributed by atoms with Crippen molar-refractivity contribution >= 4 is 28.5 Å². The van der Waals surface area contributed by atoms with Gasteiger partial charge >= 0.3 is 0 Å². The molecular weight excluding hydrogens is 396 g/mol. The van der Waals surface area contributed by atoms with E-state index in [1.165, 1.54) is 4.88 Å². The lowest BCUT2D eigenvalue weighted by Crippen LogP contribution is -2.23. The molecule has 2 aromatic heterocycles. The number of benzene rings is 1. The van der Waals surface area contributed by atoms with Crippen LogP contribution in [0.4, 0.5) is 5.00 Å². The van der Waals surface area contributed by atoms with Gasteiger partial charge in [0.05, 0.1) is 24.5 Å². The Kier molecular flexibility index (Phi) is 6.33. The first kappa shape index (κ1) is 20.4. The molecule has 6 heteroatoms. The normalized spacial score (nSPS) is 13.6. The van der Waals surface area contributed by atoms with Gasteiger partial charge in [0, 0.05) is 16.7 Å². The summed E-state index contributed by atoms with van der Waals surface area (Å²) >= 11 is 1.63. The molecule has 0 spiro atoms.